The first-order chi connectivity index (χ1) is 8.49. The van der Waals surface area contributed by atoms with Crippen LogP contribution >= 0.6 is 0 Å². The van der Waals surface area contributed by atoms with Crippen LogP contribution in [-0.4, -0.2) is 15.6 Å². The van der Waals surface area contributed by atoms with Crippen LogP contribution in [-0.2, 0) is 13.5 Å². The lowest BCUT2D eigenvalue weighted by atomic mass is 10.00. The Morgan fingerprint density at radius 1 is 1.39 bits per heavy atom. The zero-order valence-corrected chi connectivity index (χ0v) is 10.7. The zero-order valence-electron chi connectivity index (χ0n) is 10.7. The number of aryl methyl sites for hydroxylation is 2. The van der Waals surface area contributed by atoms with E-state index in [0.717, 1.165) is 16.8 Å². The Balaban J connectivity index is 2.27. The largest absolute Gasteiger partial charge is 0.294 e. The lowest BCUT2D eigenvalue weighted by Gasteiger charge is -2.05. The molecule has 0 saturated carbocycles. The molecular formula is C14H15FN2O. The molecule has 1 heterocycles. The molecule has 0 aliphatic heterocycles. The summed E-state index contributed by atoms with van der Waals surface area (Å²) in [6.45, 7) is 3.72. The summed E-state index contributed by atoms with van der Waals surface area (Å²) >= 11 is 0. The van der Waals surface area contributed by atoms with Gasteiger partial charge in [0.25, 0.3) is 0 Å². The average molecular weight is 246 g/mol. The van der Waals surface area contributed by atoms with E-state index in [1.807, 2.05) is 13.8 Å². The van der Waals surface area contributed by atoms with Crippen LogP contribution in [0.4, 0.5) is 4.39 Å². The second kappa shape index (κ2) is 4.72. The molecular weight excluding hydrogens is 231 g/mol. The Morgan fingerprint density at radius 2 is 2.11 bits per heavy atom. The Kier molecular flexibility index (Phi) is 3.28. The molecule has 0 aliphatic carbocycles. The molecule has 18 heavy (non-hydrogen) atoms. The van der Waals surface area contributed by atoms with Crippen molar-refractivity contribution < 1.29 is 9.18 Å². The summed E-state index contributed by atoms with van der Waals surface area (Å²) in [6, 6.07) is 4.51. The number of hydrogen-bond donors (Lipinski definition) is 0. The Labute approximate surface area is 105 Å². The summed E-state index contributed by atoms with van der Waals surface area (Å²) in [6.07, 6.45) is 1.77. The minimum absolute atomic E-state index is 0.0331. The van der Waals surface area contributed by atoms with Crippen LogP contribution in [0.15, 0.2) is 24.4 Å². The highest BCUT2D eigenvalue weighted by atomic mass is 19.1. The van der Waals surface area contributed by atoms with Crippen LogP contribution in [0, 0.1) is 19.7 Å². The van der Waals surface area contributed by atoms with Gasteiger partial charge in [-0.2, -0.15) is 5.10 Å². The number of nitrogens with zero attached hydrogens (tertiary/aromatic N) is 2. The third kappa shape index (κ3) is 2.32. The van der Waals surface area contributed by atoms with Gasteiger partial charge < -0.3 is 0 Å². The first-order valence-corrected chi connectivity index (χ1v) is 5.76. The fourth-order valence-corrected chi connectivity index (χ4v) is 1.87. The Hall–Kier alpha value is -1.97. The number of benzene rings is 1. The van der Waals surface area contributed by atoms with Crippen LogP contribution in [0.25, 0.3) is 0 Å². The molecule has 0 spiro atoms. The number of carbonyl (C=O) groups is 1. The molecule has 0 fully saturated rings. The maximum absolute atomic E-state index is 13.2. The number of ketones is 1. The summed E-state index contributed by atoms with van der Waals surface area (Å²) in [7, 11) is 1.79. The van der Waals surface area contributed by atoms with Gasteiger partial charge in [-0.1, -0.05) is 6.07 Å². The highest BCUT2D eigenvalue weighted by molar-refractivity contribution is 5.98. The smallest absolute Gasteiger partial charge is 0.170 e. The highest BCUT2D eigenvalue weighted by Gasteiger charge is 2.14. The lowest BCUT2D eigenvalue weighted by Crippen LogP contribution is -2.06. The number of hydrogen-bond acceptors (Lipinski definition) is 2. The van der Waals surface area contributed by atoms with Gasteiger partial charge >= 0.3 is 0 Å². The highest BCUT2D eigenvalue weighted by Crippen LogP contribution is 2.15. The molecule has 0 bridgehead atoms. The molecule has 2 rings (SSSR count). The quantitative estimate of drug-likeness (QED) is 0.780. The molecule has 3 nitrogen and oxygen atoms in total. The van der Waals surface area contributed by atoms with Crippen molar-refractivity contribution in [2.75, 3.05) is 0 Å². The average Bonchev–Trinajstić information content (AvgIpc) is 2.65. The SMILES string of the molecule is Cc1ccc(F)cc1CC(=O)c1cnn(C)c1C. The van der Waals surface area contributed by atoms with Crippen molar-refractivity contribution in [3.8, 4) is 0 Å². The molecule has 0 saturated heterocycles. The van der Waals surface area contributed by atoms with Crippen molar-refractivity contribution >= 4 is 5.78 Å². The first-order valence-electron chi connectivity index (χ1n) is 5.76. The topological polar surface area (TPSA) is 34.9 Å². The van der Waals surface area contributed by atoms with Gasteiger partial charge in [0.15, 0.2) is 5.78 Å². The van der Waals surface area contributed by atoms with Gasteiger partial charge in [-0.15, -0.1) is 0 Å². The first kappa shape index (κ1) is 12.5. The van der Waals surface area contributed by atoms with Crippen LogP contribution in [0.5, 0.6) is 0 Å². The fourth-order valence-electron chi connectivity index (χ4n) is 1.87. The summed E-state index contributed by atoms with van der Waals surface area (Å²) in [5.74, 6) is -0.347. The van der Waals surface area contributed by atoms with Crippen molar-refractivity contribution in [3.05, 3.63) is 52.6 Å². The van der Waals surface area contributed by atoms with Crippen LogP contribution in [0.1, 0.15) is 27.2 Å². The van der Waals surface area contributed by atoms with E-state index in [0.29, 0.717) is 5.56 Å². The fraction of sp³-hybridized carbons (Fsp3) is 0.286. The van der Waals surface area contributed by atoms with E-state index in [1.165, 1.54) is 12.1 Å². The van der Waals surface area contributed by atoms with Crippen molar-refractivity contribution in [3.63, 3.8) is 0 Å². The van der Waals surface area contributed by atoms with Gasteiger partial charge in [-0.3, -0.25) is 9.48 Å². The summed E-state index contributed by atoms with van der Waals surface area (Å²) in [5.41, 5.74) is 3.07. The molecule has 4 heteroatoms. The van der Waals surface area contributed by atoms with Crippen LogP contribution in [0.3, 0.4) is 0 Å². The van der Waals surface area contributed by atoms with E-state index < -0.39 is 0 Å². The van der Waals surface area contributed by atoms with E-state index in [1.54, 1.807) is 24.0 Å². The van der Waals surface area contributed by atoms with Gasteiger partial charge in [0.05, 0.1) is 11.8 Å². The van der Waals surface area contributed by atoms with Crippen molar-refractivity contribution in [2.45, 2.75) is 20.3 Å². The minimum atomic E-state index is -0.314. The van der Waals surface area contributed by atoms with E-state index in [4.69, 9.17) is 0 Å². The van der Waals surface area contributed by atoms with E-state index in [-0.39, 0.29) is 18.0 Å². The minimum Gasteiger partial charge on any atom is -0.294 e. The maximum Gasteiger partial charge on any atom is 0.170 e. The maximum atomic E-state index is 13.2. The molecule has 0 N–H and O–H groups in total. The molecule has 0 radical (unpaired) electrons. The van der Waals surface area contributed by atoms with E-state index >= 15 is 0 Å². The Morgan fingerprint density at radius 3 is 2.72 bits per heavy atom. The van der Waals surface area contributed by atoms with Crippen molar-refractivity contribution in [2.24, 2.45) is 7.05 Å². The van der Waals surface area contributed by atoms with Gasteiger partial charge in [-0.25, -0.2) is 4.39 Å². The Bertz CT molecular complexity index is 602. The lowest BCUT2D eigenvalue weighted by molar-refractivity contribution is 0.0992. The number of aromatic nitrogens is 2. The molecule has 0 unspecified atom stereocenters. The van der Waals surface area contributed by atoms with E-state index in [9.17, 15) is 9.18 Å². The normalized spacial score (nSPS) is 10.7. The summed E-state index contributed by atoms with van der Waals surface area (Å²) < 4.78 is 14.8. The van der Waals surface area contributed by atoms with E-state index in [2.05, 4.69) is 5.10 Å². The molecule has 1 aromatic carbocycles. The molecule has 0 aliphatic rings. The predicted octanol–water partition coefficient (Wildman–Crippen LogP) is 2.60. The number of carbonyl (C=O) groups excluding carboxylic acids is 1. The van der Waals surface area contributed by atoms with Crippen molar-refractivity contribution in [1.82, 2.24) is 9.78 Å². The van der Waals surface area contributed by atoms with Gasteiger partial charge in [0, 0.05) is 19.2 Å². The second-order valence-corrected chi connectivity index (χ2v) is 4.44. The van der Waals surface area contributed by atoms with Gasteiger partial charge in [0.1, 0.15) is 5.82 Å². The summed E-state index contributed by atoms with van der Waals surface area (Å²) in [5, 5.41) is 4.04. The van der Waals surface area contributed by atoms with Gasteiger partial charge in [0.2, 0.25) is 0 Å². The molecule has 0 amide bonds. The van der Waals surface area contributed by atoms with Crippen molar-refractivity contribution in [1.29, 1.82) is 0 Å². The van der Waals surface area contributed by atoms with Crippen LogP contribution < -0.4 is 0 Å². The third-order valence-corrected chi connectivity index (χ3v) is 3.20. The monoisotopic (exact) mass is 246 g/mol. The second-order valence-electron chi connectivity index (χ2n) is 4.44. The molecule has 0 atom stereocenters. The number of rotatable bonds is 3. The molecule has 2 aromatic rings. The predicted molar refractivity (Wildman–Crippen MR) is 67.1 cm³/mol. The van der Waals surface area contributed by atoms with Gasteiger partial charge in [-0.05, 0) is 37.1 Å². The molecule has 94 valence electrons. The van der Waals surface area contributed by atoms with Crippen LogP contribution in [0.2, 0.25) is 0 Å². The molecule has 1 aromatic heterocycles. The number of halogens is 1. The zero-order chi connectivity index (χ0) is 13.3. The summed E-state index contributed by atoms with van der Waals surface area (Å²) in [4.78, 5) is 12.1. The standard InChI is InChI=1S/C14H15FN2O/c1-9-4-5-12(15)6-11(9)7-14(18)13-8-16-17(3)10(13)2/h4-6,8H,7H2,1-3H3. The third-order valence-electron chi connectivity index (χ3n) is 3.20. The number of Topliss-reactive ketones (excluding diaryl/α,β-unsaturated/α-hetero) is 1.